The van der Waals surface area contributed by atoms with Crippen molar-refractivity contribution in [2.75, 3.05) is 13.7 Å². The SMILES string of the molecule is CCOC(=O)C(=O)c1c(OC)cccc1C(C)F. The molecule has 1 aromatic carbocycles. The normalized spacial score (nSPS) is 11.8. The molecule has 0 aliphatic rings. The van der Waals surface area contributed by atoms with Crippen molar-refractivity contribution >= 4 is 11.8 Å². The lowest BCUT2D eigenvalue weighted by Gasteiger charge is -2.13. The van der Waals surface area contributed by atoms with E-state index in [9.17, 15) is 14.0 Å². The Balaban J connectivity index is 3.27. The summed E-state index contributed by atoms with van der Waals surface area (Å²) >= 11 is 0. The predicted octanol–water partition coefficient (Wildman–Crippen LogP) is 2.47. The van der Waals surface area contributed by atoms with Gasteiger partial charge in [-0.2, -0.15) is 0 Å². The first kappa shape index (κ1) is 14.2. The van der Waals surface area contributed by atoms with Crippen molar-refractivity contribution in [1.29, 1.82) is 0 Å². The summed E-state index contributed by atoms with van der Waals surface area (Å²) in [5, 5.41) is 0. The van der Waals surface area contributed by atoms with E-state index in [0.717, 1.165) is 0 Å². The molecule has 4 nitrogen and oxygen atoms in total. The summed E-state index contributed by atoms with van der Waals surface area (Å²) in [5.41, 5.74) is 0.0425. The maximum atomic E-state index is 13.5. The van der Waals surface area contributed by atoms with Crippen LogP contribution in [0.4, 0.5) is 4.39 Å². The van der Waals surface area contributed by atoms with Crippen LogP contribution in [0.25, 0.3) is 0 Å². The highest BCUT2D eigenvalue weighted by Crippen LogP contribution is 2.29. The van der Waals surface area contributed by atoms with Crippen LogP contribution in [0.5, 0.6) is 5.75 Å². The molecule has 1 rings (SSSR count). The second kappa shape index (κ2) is 6.14. The maximum absolute atomic E-state index is 13.5. The van der Waals surface area contributed by atoms with E-state index in [1.807, 2.05) is 0 Å². The number of hydrogen-bond acceptors (Lipinski definition) is 4. The van der Waals surface area contributed by atoms with Gasteiger partial charge < -0.3 is 9.47 Å². The fourth-order valence-corrected chi connectivity index (χ4v) is 1.59. The number of ether oxygens (including phenoxy) is 2. The van der Waals surface area contributed by atoms with Crippen molar-refractivity contribution in [2.24, 2.45) is 0 Å². The second-order valence-electron chi connectivity index (χ2n) is 3.59. The zero-order chi connectivity index (χ0) is 13.7. The van der Waals surface area contributed by atoms with Crippen molar-refractivity contribution < 1.29 is 23.5 Å². The van der Waals surface area contributed by atoms with E-state index in [1.165, 1.54) is 26.2 Å². The lowest BCUT2D eigenvalue weighted by molar-refractivity contribution is -0.137. The average molecular weight is 254 g/mol. The predicted molar refractivity (Wildman–Crippen MR) is 63.5 cm³/mol. The molecule has 0 bridgehead atoms. The van der Waals surface area contributed by atoms with Crippen LogP contribution in [0.3, 0.4) is 0 Å². The van der Waals surface area contributed by atoms with Crippen molar-refractivity contribution in [2.45, 2.75) is 20.0 Å². The smallest absolute Gasteiger partial charge is 0.379 e. The monoisotopic (exact) mass is 254 g/mol. The largest absolute Gasteiger partial charge is 0.496 e. The molecular weight excluding hydrogens is 239 g/mol. The number of carbonyl (C=O) groups excluding carboxylic acids is 2. The first-order valence-corrected chi connectivity index (χ1v) is 5.55. The van der Waals surface area contributed by atoms with E-state index in [4.69, 9.17) is 4.74 Å². The number of Topliss-reactive ketones (excluding diaryl/α,β-unsaturated/α-hetero) is 1. The molecular formula is C13H15FO4. The minimum atomic E-state index is -1.38. The molecule has 0 spiro atoms. The molecule has 0 radical (unpaired) electrons. The summed E-state index contributed by atoms with van der Waals surface area (Å²) in [5.74, 6) is -1.74. The van der Waals surface area contributed by atoms with Crippen LogP contribution in [-0.4, -0.2) is 25.5 Å². The lowest BCUT2D eigenvalue weighted by Crippen LogP contribution is -2.20. The van der Waals surface area contributed by atoms with Crippen LogP contribution in [0.15, 0.2) is 18.2 Å². The number of ketones is 1. The standard InChI is InChI=1S/C13H15FO4/c1-4-18-13(16)12(15)11-9(8(2)14)6-5-7-10(11)17-3/h5-8H,4H2,1-3H3. The summed E-state index contributed by atoms with van der Waals surface area (Å²) in [4.78, 5) is 23.4. The molecule has 1 unspecified atom stereocenters. The molecule has 0 aliphatic heterocycles. The average Bonchev–Trinajstić information content (AvgIpc) is 2.37. The minimum absolute atomic E-state index is 0.0755. The number of methoxy groups -OCH3 is 1. The fourth-order valence-electron chi connectivity index (χ4n) is 1.59. The van der Waals surface area contributed by atoms with Crippen LogP contribution >= 0.6 is 0 Å². The van der Waals surface area contributed by atoms with Crippen molar-refractivity contribution in [3.05, 3.63) is 29.3 Å². The quantitative estimate of drug-likeness (QED) is 0.460. The van der Waals surface area contributed by atoms with Gasteiger partial charge in [-0.05, 0) is 19.9 Å². The number of benzene rings is 1. The Bertz CT molecular complexity index is 454. The first-order chi connectivity index (χ1) is 8.52. The van der Waals surface area contributed by atoms with E-state index in [-0.39, 0.29) is 23.5 Å². The zero-order valence-corrected chi connectivity index (χ0v) is 10.5. The van der Waals surface area contributed by atoms with Gasteiger partial charge in [0.15, 0.2) is 0 Å². The summed E-state index contributed by atoms with van der Waals surface area (Å²) in [6.07, 6.45) is -1.38. The lowest BCUT2D eigenvalue weighted by atomic mass is 9.99. The zero-order valence-electron chi connectivity index (χ0n) is 10.5. The molecule has 0 amide bonds. The van der Waals surface area contributed by atoms with Gasteiger partial charge in [-0.15, -0.1) is 0 Å². The Kier molecular flexibility index (Phi) is 4.83. The Labute approximate surface area is 105 Å². The van der Waals surface area contributed by atoms with E-state index in [1.54, 1.807) is 13.0 Å². The maximum Gasteiger partial charge on any atom is 0.379 e. The van der Waals surface area contributed by atoms with Gasteiger partial charge in [-0.25, -0.2) is 9.18 Å². The first-order valence-electron chi connectivity index (χ1n) is 5.55. The number of rotatable bonds is 5. The van der Waals surface area contributed by atoms with Crippen LogP contribution in [0.2, 0.25) is 0 Å². The van der Waals surface area contributed by atoms with Gasteiger partial charge in [0, 0.05) is 5.56 Å². The molecule has 0 saturated heterocycles. The highest BCUT2D eigenvalue weighted by atomic mass is 19.1. The third kappa shape index (κ3) is 2.85. The molecule has 5 heteroatoms. The molecule has 0 saturated carbocycles. The van der Waals surface area contributed by atoms with Gasteiger partial charge in [0.05, 0.1) is 19.3 Å². The van der Waals surface area contributed by atoms with Gasteiger partial charge in [0.1, 0.15) is 11.9 Å². The van der Waals surface area contributed by atoms with Crippen LogP contribution < -0.4 is 4.74 Å². The van der Waals surface area contributed by atoms with Gasteiger partial charge in [-0.1, -0.05) is 12.1 Å². The number of halogens is 1. The Morgan fingerprint density at radius 3 is 2.56 bits per heavy atom. The third-order valence-corrected chi connectivity index (χ3v) is 2.39. The summed E-state index contributed by atoms with van der Waals surface area (Å²) in [6, 6.07) is 4.50. The van der Waals surface area contributed by atoms with Crippen molar-refractivity contribution in [3.8, 4) is 5.75 Å². The molecule has 0 fully saturated rings. The molecule has 98 valence electrons. The second-order valence-corrected chi connectivity index (χ2v) is 3.59. The summed E-state index contributed by atoms with van der Waals surface area (Å²) in [7, 11) is 1.35. The highest BCUT2D eigenvalue weighted by molar-refractivity contribution is 6.41. The Morgan fingerprint density at radius 2 is 2.06 bits per heavy atom. The van der Waals surface area contributed by atoms with Gasteiger partial charge in [0.25, 0.3) is 5.78 Å². The number of carbonyl (C=O) groups is 2. The minimum Gasteiger partial charge on any atom is -0.496 e. The van der Waals surface area contributed by atoms with Crippen LogP contribution in [-0.2, 0) is 9.53 Å². The molecule has 1 atom stereocenters. The van der Waals surface area contributed by atoms with Gasteiger partial charge >= 0.3 is 5.97 Å². The fraction of sp³-hybridized carbons (Fsp3) is 0.385. The van der Waals surface area contributed by atoms with E-state index in [0.29, 0.717) is 0 Å². The van der Waals surface area contributed by atoms with Crippen molar-refractivity contribution in [3.63, 3.8) is 0 Å². The van der Waals surface area contributed by atoms with E-state index in [2.05, 4.69) is 4.74 Å². The van der Waals surface area contributed by atoms with Crippen LogP contribution in [0, 0.1) is 0 Å². The number of alkyl halides is 1. The molecule has 0 heterocycles. The molecule has 0 aromatic heterocycles. The highest BCUT2D eigenvalue weighted by Gasteiger charge is 2.26. The topological polar surface area (TPSA) is 52.6 Å². The molecule has 0 aliphatic carbocycles. The van der Waals surface area contributed by atoms with Gasteiger partial charge in [-0.3, -0.25) is 4.79 Å². The summed E-state index contributed by atoms with van der Waals surface area (Å²) < 4.78 is 23.1. The Hall–Kier alpha value is -1.91. The Morgan fingerprint density at radius 1 is 1.39 bits per heavy atom. The van der Waals surface area contributed by atoms with Crippen LogP contribution in [0.1, 0.15) is 35.9 Å². The third-order valence-electron chi connectivity index (χ3n) is 2.39. The van der Waals surface area contributed by atoms with E-state index < -0.39 is 17.9 Å². The van der Waals surface area contributed by atoms with E-state index >= 15 is 0 Å². The molecule has 0 N–H and O–H groups in total. The van der Waals surface area contributed by atoms with Crippen molar-refractivity contribution in [1.82, 2.24) is 0 Å². The molecule has 1 aromatic rings. The molecule has 18 heavy (non-hydrogen) atoms. The number of esters is 1. The number of hydrogen-bond donors (Lipinski definition) is 0. The summed E-state index contributed by atoms with van der Waals surface area (Å²) in [6.45, 7) is 2.96. The van der Waals surface area contributed by atoms with Gasteiger partial charge in [0.2, 0.25) is 0 Å².